The molecule has 1 aromatic heterocycles. The minimum Gasteiger partial charge on any atom is -0.398 e. The monoisotopic (exact) mass is 321 g/mol. The van der Waals surface area contributed by atoms with E-state index in [0.29, 0.717) is 14.9 Å². The van der Waals surface area contributed by atoms with Crippen molar-refractivity contribution < 1.29 is 14.4 Å². The average molecular weight is 322 g/mol. The fourth-order valence-corrected chi connectivity index (χ4v) is 2.97. The number of halogens is 1. The van der Waals surface area contributed by atoms with Crippen molar-refractivity contribution in [3.05, 3.63) is 44.6 Å². The number of hydrogen-bond donors (Lipinski definition) is 3. The number of amides is 3. The smallest absolute Gasteiger partial charge is 0.265 e. The minimum atomic E-state index is -0.532. The van der Waals surface area contributed by atoms with Crippen molar-refractivity contribution in [2.75, 3.05) is 11.1 Å². The molecule has 21 heavy (non-hydrogen) atoms. The van der Waals surface area contributed by atoms with Crippen LogP contribution in [0.5, 0.6) is 0 Å². The van der Waals surface area contributed by atoms with E-state index >= 15 is 0 Å². The van der Waals surface area contributed by atoms with Crippen LogP contribution in [0.1, 0.15) is 30.4 Å². The highest BCUT2D eigenvalue weighted by Crippen LogP contribution is 2.28. The van der Waals surface area contributed by atoms with Crippen LogP contribution >= 0.6 is 22.9 Å². The Kier molecular flexibility index (Phi) is 3.15. The molecule has 3 rings (SSSR count). The van der Waals surface area contributed by atoms with E-state index in [9.17, 15) is 14.4 Å². The summed E-state index contributed by atoms with van der Waals surface area (Å²) in [6.07, 6.45) is 0. The summed E-state index contributed by atoms with van der Waals surface area (Å²) in [6.45, 7) is 0. The van der Waals surface area contributed by atoms with Crippen LogP contribution in [0.2, 0.25) is 4.34 Å². The highest BCUT2D eigenvalue weighted by molar-refractivity contribution is 7.18. The maximum Gasteiger partial charge on any atom is 0.265 e. The largest absolute Gasteiger partial charge is 0.398 e. The van der Waals surface area contributed by atoms with E-state index in [4.69, 9.17) is 17.3 Å². The first kappa shape index (κ1) is 13.6. The Bertz CT molecular complexity index is 800. The third kappa shape index (κ3) is 2.37. The van der Waals surface area contributed by atoms with Gasteiger partial charge in [-0.25, -0.2) is 0 Å². The number of nitrogen functional groups attached to an aromatic ring is 1. The lowest BCUT2D eigenvalue weighted by atomic mass is 10.1. The van der Waals surface area contributed by atoms with Crippen molar-refractivity contribution >= 4 is 52.0 Å². The quantitative estimate of drug-likeness (QED) is 0.582. The molecule has 0 bridgehead atoms. The second-order valence-corrected chi connectivity index (χ2v) is 6.04. The second kappa shape index (κ2) is 4.87. The molecule has 0 spiro atoms. The summed E-state index contributed by atoms with van der Waals surface area (Å²) >= 11 is 6.91. The third-order valence-electron chi connectivity index (χ3n) is 2.92. The third-order valence-corrected chi connectivity index (χ3v) is 4.15. The molecular weight excluding hydrogens is 314 g/mol. The summed E-state index contributed by atoms with van der Waals surface area (Å²) in [5, 5.41) is 4.77. The van der Waals surface area contributed by atoms with Gasteiger partial charge in [0.1, 0.15) is 0 Å². The molecule has 0 aliphatic carbocycles. The van der Waals surface area contributed by atoms with Gasteiger partial charge in [-0.2, -0.15) is 0 Å². The van der Waals surface area contributed by atoms with E-state index in [1.807, 2.05) is 0 Å². The Morgan fingerprint density at radius 3 is 2.67 bits per heavy atom. The molecule has 2 aromatic rings. The van der Waals surface area contributed by atoms with E-state index in [1.165, 1.54) is 12.1 Å². The molecule has 0 unspecified atom stereocenters. The molecule has 1 aliphatic rings. The zero-order valence-corrected chi connectivity index (χ0v) is 12.0. The molecule has 0 saturated carbocycles. The van der Waals surface area contributed by atoms with Crippen LogP contribution in [0.25, 0.3) is 0 Å². The normalized spacial score (nSPS) is 13.0. The van der Waals surface area contributed by atoms with Gasteiger partial charge in [-0.1, -0.05) is 11.6 Å². The Balaban J connectivity index is 1.93. The molecule has 106 valence electrons. The summed E-state index contributed by atoms with van der Waals surface area (Å²) in [6, 6.07) is 6.06. The molecule has 1 aliphatic heterocycles. The second-order valence-electron chi connectivity index (χ2n) is 4.33. The number of thiophene rings is 1. The zero-order chi connectivity index (χ0) is 15.1. The summed E-state index contributed by atoms with van der Waals surface area (Å²) < 4.78 is 0.499. The van der Waals surface area contributed by atoms with Crippen LogP contribution in [0.4, 0.5) is 11.4 Å². The molecule has 6 nitrogen and oxygen atoms in total. The number of carbonyl (C=O) groups is 3. The van der Waals surface area contributed by atoms with Gasteiger partial charge in [-0.05, 0) is 24.3 Å². The van der Waals surface area contributed by atoms with E-state index < -0.39 is 11.8 Å². The highest BCUT2D eigenvalue weighted by atomic mass is 35.5. The summed E-state index contributed by atoms with van der Waals surface area (Å²) in [4.78, 5) is 35.6. The SMILES string of the molecule is Nc1cc(NC(=O)c2ccc(Cl)s2)cc2c1C(=O)NC2=O. The molecule has 0 atom stereocenters. The Morgan fingerprint density at radius 1 is 1.24 bits per heavy atom. The van der Waals surface area contributed by atoms with Crippen molar-refractivity contribution in [3.8, 4) is 0 Å². The lowest BCUT2D eigenvalue weighted by Gasteiger charge is -2.07. The van der Waals surface area contributed by atoms with Crippen molar-refractivity contribution in [1.29, 1.82) is 0 Å². The molecule has 0 fully saturated rings. The van der Waals surface area contributed by atoms with Crippen LogP contribution in [0.15, 0.2) is 24.3 Å². The Hall–Kier alpha value is -2.38. The fourth-order valence-electron chi connectivity index (χ4n) is 2.03. The predicted octanol–water partition coefficient (Wildman–Crippen LogP) is 2.12. The molecule has 3 amide bonds. The van der Waals surface area contributed by atoms with Gasteiger partial charge < -0.3 is 11.1 Å². The number of fused-ring (bicyclic) bond motifs is 1. The van der Waals surface area contributed by atoms with Gasteiger partial charge in [-0.15, -0.1) is 11.3 Å². The Labute approximate surface area is 127 Å². The molecule has 2 heterocycles. The number of nitrogens with two attached hydrogens (primary N) is 1. The van der Waals surface area contributed by atoms with Crippen LogP contribution in [0.3, 0.4) is 0 Å². The molecule has 0 saturated heterocycles. The number of benzene rings is 1. The van der Waals surface area contributed by atoms with Crippen molar-refractivity contribution in [2.24, 2.45) is 0 Å². The predicted molar refractivity (Wildman–Crippen MR) is 79.9 cm³/mol. The van der Waals surface area contributed by atoms with E-state index in [0.717, 1.165) is 11.3 Å². The highest BCUT2D eigenvalue weighted by Gasteiger charge is 2.29. The van der Waals surface area contributed by atoms with Gasteiger partial charge in [-0.3, -0.25) is 19.7 Å². The lowest BCUT2D eigenvalue weighted by molar-refractivity contribution is 0.0879. The van der Waals surface area contributed by atoms with Gasteiger partial charge in [0.05, 0.1) is 20.3 Å². The van der Waals surface area contributed by atoms with Crippen LogP contribution < -0.4 is 16.4 Å². The average Bonchev–Trinajstić information content (AvgIpc) is 2.95. The molecule has 1 aromatic carbocycles. The van der Waals surface area contributed by atoms with Crippen LogP contribution in [-0.4, -0.2) is 17.7 Å². The number of imide groups is 1. The lowest BCUT2D eigenvalue weighted by Crippen LogP contribution is -2.20. The first-order chi connectivity index (χ1) is 9.95. The fraction of sp³-hybridized carbons (Fsp3) is 0. The molecule has 0 radical (unpaired) electrons. The number of nitrogens with one attached hydrogen (secondary N) is 2. The van der Waals surface area contributed by atoms with Crippen molar-refractivity contribution in [2.45, 2.75) is 0 Å². The number of hydrogen-bond acceptors (Lipinski definition) is 5. The van der Waals surface area contributed by atoms with Gasteiger partial charge in [0, 0.05) is 11.4 Å². The maximum absolute atomic E-state index is 12.0. The molecule has 4 N–H and O–H groups in total. The topological polar surface area (TPSA) is 101 Å². The first-order valence-electron chi connectivity index (χ1n) is 5.81. The summed E-state index contributed by atoms with van der Waals surface area (Å²) in [5.74, 6) is -1.43. The number of carbonyl (C=O) groups excluding carboxylic acids is 3. The van der Waals surface area contributed by atoms with Crippen molar-refractivity contribution in [3.63, 3.8) is 0 Å². The zero-order valence-electron chi connectivity index (χ0n) is 10.4. The van der Waals surface area contributed by atoms with Gasteiger partial charge in [0.25, 0.3) is 17.7 Å². The van der Waals surface area contributed by atoms with E-state index in [2.05, 4.69) is 10.6 Å². The summed E-state index contributed by atoms with van der Waals surface area (Å²) in [7, 11) is 0. The number of rotatable bonds is 2. The first-order valence-corrected chi connectivity index (χ1v) is 7.01. The summed E-state index contributed by atoms with van der Waals surface area (Å²) in [5.41, 5.74) is 6.52. The van der Waals surface area contributed by atoms with Gasteiger partial charge in [0.15, 0.2) is 0 Å². The molecular formula is C13H8ClN3O3S. The van der Waals surface area contributed by atoms with Crippen LogP contribution in [-0.2, 0) is 0 Å². The van der Waals surface area contributed by atoms with E-state index in [-0.39, 0.29) is 22.7 Å². The van der Waals surface area contributed by atoms with Crippen LogP contribution in [0, 0.1) is 0 Å². The maximum atomic E-state index is 12.0. The van der Waals surface area contributed by atoms with E-state index in [1.54, 1.807) is 12.1 Å². The standard InChI is InChI=1S/C13H8ClN3O3S/c14-9-2-1-8(21-9)12(19)16-5-3-6-10(7(15)4-5)13(20)17-11(6)18/h1-4H,15H2,(H,16,19)(H,17,18,20). The molecule has 8 heteroatoms. The van der Waals surface area contributed by atoms with Crippen molar-refractivity contribution in [1.82, 2.24) is 5.32 Å². The Morgan fingerprint density at radius 2 is 2.00 bits per heavy atom. The van der Waals surface area contributed by atoms with Gasteiger partial charge in [0.2, 0.25) is 0 Å². The number of anilines is 2. The minimum absolute atomic E-state index is 0.135. The van der Waals surface area contributed by atoms with Gasteiger partial charge >= 0.3 is 0 Å².